The number of aliphatic hydroxyl groups is 7. The van der Waals surface area contributed by atoms with Crippen molar-refractivity contribution in [3.05, 3.63) is 109 Å². The minimum Gasteiger partial charge on any atom is -0.457 e. The Kier molecular flexibility index (Phi) is 40.4. The van der Waals surface area contributed by atoms with Crippen LogP contribution in [0, 0.1) is 0 Å². The molecule has 73 heavy (non-hydrogen) atoms. The molecular formula is C59H96O14. The number of unbranched alkanes of at least 4 members (excludes halogenated alkanes) is 10. The van der Waals surface area contributed by atoms with Crippen molar-refractivity contribution in [2.75, 3.05) is 33.0 Å². The Morgan fingerprint density at radius 3 is 1.33 bits per heavy atom. The van der Waals surface area contributed by atoms with Crippen molar-refractivity contribution in [1.29, 1.82) is 0 Å². The van der Waals surface area contributed by atoms with Crippen LogP contribution in [0.5, 0.6) is 0 Å². The summed E-state index contributed by atoms with van der Waals surface area (Å²) < 4.78 is 34.3. The molecular weight excluding hydrogens is 933 g/mol. The van der Waals surface area contributed by atoms with Gasteiger partial charge in [0.05, 0.1) is 26.4 Å². The Balaban J connectivity index is 1.74. The molecule has 0 spiro atoms. The Bertz CT molecular complexity index is 1620. The predicted molar refractivity (Wildman–Crippen MR) is 288 cm³/mol. The third kappa shape index (κ3) is 32.0. The minimum atomic E-state index is -1.72. The SMILES string of the molecule is CC/C=C\C/C=C\C/C=C\C/C=C\C/C=C\C/C=C\CCCCCCCCC(=O)OC(COCCCCCC/C=C\C/C=C\C/C=C\CC)COC1OC(COC2OC(CO)C(O)C(O)C2O)C(O)C(O)C1O. The summed E-state index contributed by atoms with van der Waals surface area (Å²) >= 11 is 0. The van der Waals surface area contributed by atoms with Crippen molar-refractivity contribution in [3.63, 3.8) is 0 Å². The molecule has 2 aliphatic heterocycles. The molecule has 0 saturated carbocycles. The van der Waals surface area contributed by atoms with Crippen molar-refractivity contribution < 1.29 is 69.0 Å². The molecule has 0 aromatic rings. The van der Waals surface area contributed by atoms with Gasteiger partial charge in [-0.05, 0) is 96.3 Å². The molecule has 2 fully saturated rings. The number of hydrogen-bond donors (Lipinski definition) is 7. The molecule has 11 unspecified atom stereocenters. The van der Waals surface area contributed by atoms with Crippen LogP contribution in [0.2, 0.25) is 0 Å². The Hall–Kier alpha value is -3.35. The smallest absolute Gasteiger partial charge is 0.306 e. The van der Waals surface area contributed by atoms with Crippen molar-refractivity contribution >= 4 is 5.97 Å². The second-order valence-electron chi connectivity index (χ2n) is 18.6. The summed E-state index contributed by atoms with van der Waals surface area (Å²) in [6, 6.07) is 0. The van der Waals surface area contributed by atoms with Crippen LogP contribution < -0.4 is 0 Å². The zero-order valence-electron chi connectivity index (χ0n) is 44.3. The number of carbonyl (C=O) groups is 1. The van der Waals surface area contributed by atoms with Crippen LogP contribution in [0.4, 0.5) is 0 Å². The van der Waals surface area contributed by atoms with E-state index in [9.17, 15) is 40.5 Å². The molecule has 0 radical (unpaired) electrons. The fourth-order valence-corrected chi connectivity index (χ4v) is 7.89. The molecule has 0 aliphatic carbocycles. The lowest BCUT2D eigenvalue weighted by molar-refractivity contribution is -0.332. The predicted octanol–water partition coefficient (Wildman–Crippen LogP) is 9.18. The van der Waals surface area contributed by atoms with E-state index in [2.05, 4.69) is 123 Å². The van der Waals surface area contributed by atoms with Gasteiger partial charge in [0.2, 0.25) is 0 Å². The summed E-state index contributed by atoms with van der Waals surface area (Å²) in [6.07, 6.45) is 44.3. The first-order valence-electron chi connectivity index (χ1n) is 27.5. The van der Waals surface area contributed by atoms with E-state index in [1.807, 2.05) is 0 Å². The maximum Gasteiger partial charge on any atom is 0.306 e. The van der Waals surface area contributed by atoms with Crippen molar-refractivity contribution in [2.24, 2.45) is 0 Å². The number of hydrogen-bond acceptors (Lipinski definition) is 14. The van der Waals surface area contributed by atoms with Crippen molar-refractivity contribution in [2.45, 2.75) is 223 Å². The zero-order chi connectivity index (χ0) is 53.0. The Labute approximate surface area is 438 Å². The van der Waals surface area contributed by atoms with E-state index in [1.54, 1.807) is 0 Å². The third-order valence-electron chi connectivity index (χ3n) is 12.3. The average molecular weight is 1030 g/mol. The Morgan fingerprint density at radius 1 is 0.452 bits per heavy atom. The van der Waals surface area contributed by atoms with E-state index in [0.29, 0.717) is 13.0 Å². The van der Waals surface area contributed by atoms with Gasteiger partial charge in [0.1, 0.15) is 54.9 Å². The number of esters is 1. The topological polar surface area (TPSA) is 214 Å². The van der Waals surface area contributed by atoms with E-state index >= 15 is 0 Å². The van der Waals surface area contributed by atoms with Gasteiger partial charge in [-0.3, -0.25) is 4.79 Å². The van der Waals surface area contributed by atoms with E-state index in [4.69, 9.17) is 28.4 Å². The van der Waals surface area contributed by atoms with Gasteiger partial charge in [-0.1, -0.05) is 162 Å². The number of ether oxygens (including phenoxy) is 6. The molecule has 2 saturated heterocycles. The van der Waals surface area contributed by atoms with Crippen LogP contribution in [-0.2, 0) is 33.2 Å². The largest absolute Gasteiger partial charge is 0.457 e. The van der Waals surface area contributed by atoms with Crippen molar-refractivity contribution in [1.82, 2.24) is 0 Å². The molecule has 7 N–H and O–H groups in total. The first-order valence-corrected chi connectivity index (χ1v) is 27.5. The van der Waals surface area contributed by atoms with E-state index in [1.165, 1.54) is 0 Å². The molecule has 14 nitrogen and oxygen atoms in total. The molecule has 0 aromatic carbocycles. The molecule has 0 aromatic heterocycles. The summed E-state index contributed by atoms with van der Waals surface area (Å²) in [5.74, 6) is -0.405. The highest BCUT2D eigenvalue weighted by Crippen LogP contribution is 2.26. The lowest BCUT2D eigenvalue weighted by Gasteiger charge is -2.42. The monoisotopic (exact) mass is 1030 g/mol. The van der Waals surface area contributed by atoms with E-state index in [0.717, 1.165) is 128 Å². The molecule has 14 heteroatoms. The summed E-state index contributed by atoms with van der Waals surface area (Å²) in [7, 11) is 0. The van der Waals surface area contributed by atoms with E-state index < -0.39 is 86.7 Å². The van der Waals surface area contributed by atoms with E-state index in [-0.39, 0.29) is 19.6 Å². The van der Waals surface area contributed by atoms with Crippen LogP contribution in [0.25, 0.3) is 0 Å². The summed E-state index contributed by atoms with van der Waals surface area (Å²) in [5, 5.41) is 72.2. The summed E-state index contributed by atoms with van der Waals surface area (Å²) in [4.78, 5) is 13.1. The quantitative estimate of drug-likeness (QED) is 0.0173. The lowest BCUT2D eigenvalue weighted by Crippen LogP contribution is -2.61. The van der Waals surface area contributed by atoms with Crippen LogP contribution in [-0.4, -0.2) is 142 Å². The molecule has 0 amide bonds. The van der Waals surface area contributed by atoms with Gasteiger partial charge in [0.15, 0.2) is 12.6 Å². The maximum atomic E-state index is 13.1. The second-order valence-corrected chi connectivity index (χ2v) is 18.6. The standard InChI is InChI=1S/C59H96O14/c1-3-5-7-9-11-13-15-17-19-20-21-22-23-24-25-26-27-28-29-30-32-34-36-38-40-42-51(61)71-48(45-68-43-41-39-37-35-33-31-18-16-14-12-10-8-6-4-2)46-69-58-57(67)55(65)53(63)50(73-58)47-70-59-56(66)54(64)52(62)49(44-60)72-59/h5-8,11-14,17-19,21-22,24-25,27-28,31,48-50,52-60,62-67H,3-4,9-10,15-16,20,23,26,29-30,32-47H2,1-2H3/b7-5-,8-6-,13-11-,14-12-,19-17-,22-21-,25-24-,28-27-,31-18-. The molecule has 11 atom stereocenters. The van der Waals surface area contributed by atoms with Crippen LogP contribution in [0.3, 0.4) is 0 Å². The van der Waals surface area contributed by atoms with Gasteiger partial charge >= 0.3 is 5.97 Å². The van der Waals surface area contributed by atoms with Gasteiger partial charge in [-0.15, -0.1) is 0 Å². The fourth-order valence-electron chi connectivity index (χ4n) is 7.89. The normalized spacial score (nSPS) is 25.8. The van der Waals surface area contributed by atoms with Crippen LogP contribution in [0.1, 0.15) is 155 Å². The molecule has 0 bridgehead atoms. The average Bonchev–Trinajstić information content (AvgIpc) is 3.39. The summed E-state index contributed by atoms with van der Waals surface area (Å²) in [5.41, 5.74) is 0. The molecule has 2 heterocycles. The molecule has 2 aliphatic rings. The third-order valence-corrected chi connectivity index (χ3v) is 12.3. The molecule has 2 rings (SSSR count). The first-order chi connectivity index (χ1) is 35.6. The van der Waals surface area contributed by atoms with Gasteiger partial charge in [-0.25, -0.2) is 0 Å². The zero-order valence-corrected chi connectivity index (χ0v) is 44.3. The number of rotatable bonds is 42. The second kappa shape index (κ2) is 44.9. The molecule has 416 valence electrons. The van der Waals surface area contributed by atoms with Gasteiger partial charge in [-0.2, -0.15) is 0 Å². The van der Waals surface area contributed by atoms with Crippen molar-refractivity contribution in [3.8, 4) is 0 Å². The van der Waals surface area contributed by atoms with Crippen LogP contribution in [0.15, 0.2) is 109 Å². The van der Waals surface area contributed by atoms with Gasteiger partial charge in [0, 0.05) is 13.0 Å². The number of aliphatic hydroxyl groups excluding tert-OH is 7. The minimum absolute atomic E-state index is 0.0324. The number of carbonyl (C=O) groups excluding carboxylic acids is 1. The highest BCUT2D eigenvalue weighted by molar-refractivity contribution is 5.69. The highest BCUT2D eigenvalue weighted by Gasteiger charge is 2.47. The van der Waals surface area contributed by atoms with Gasteiger partial charge < -0.3 is 64.2 Å². The Morgan fingerprint density at radius 2 is 0.849 bits per heavy atom. The maximum absolute atomic E-state index is 13.1. The summed E-state index contributed by atoms with van der Waals surface area (Å²) in [6.45, 7) is 3.35. The number of allylic oxidation sites excluding steroid dienone is 18. The first kappa shape index (κ1) is 65.8. The highest BCUT2D eigenvalue weighted by atomic mass is 16.7. The fraction of sp³-hybridized carbons (Fsp3) is 0.678. The van der Waals surface area contributed by atoms with Crippen LogP contribution >= 0.6 is 0 Å². The lowest BCUT2D eigenvalue weighted by atomic mass is 9.98. The van der Waals surface area contributed by atoms with Gasteiger partial charge in [0.25, 0.3) is 0 Å².